The van der Waals surface area contributed by atoms with E-state index in [1.807, 2.05) is 0 Å². The summed E-state index contributed by atoms with van der Waals surface area (Å²) in [5.41, 5.74) is 3.14. The van der Waals surface area contributed by atoms with Crippen molar-refractivity contribution in [1.82, 2.24) is 9.97 Å². The number of nitro groups is 1. The van der Waals surface area contributed by atoms with Crippen LogP contribution in [0.25, 0.3) is 22.6 Å². The maximum absolute atomic E-state index is 12.7. The molecule has 0 aliphatic rings. The molecule has 3 N–H and O–H groups in total. The number of aromatic nitrogens is 2. The molecule has 0 saturated heterocycles. The third kappa shape index (κ3) is 5.71. The number of anilines is 3. The Hall–Kier alpha value is -5.22. The normalized spacial score (nSPS) is 10.7. The summed E-state index contributed by atoms with van der Waals surface area (Å²) >= 11 is 5.93. The van der Waals surface area contributed by atoms with E-state index in [-0.39, 0.29) is 23.0 Å². The molecule has 0 saturated carbocycles. The average molecular weight is 542 g/mol. The Balaban J connectivity index is 1.30. The van der Waals surface area contributed by atoms with Crippen molar-refractivity contribution in [2.45, 2.75) is 6.92 Å². The van der Waals surface area contributed by atoms with E-state index in [9.17, 15) is 19.7 Å². The SMILES string of the molecule is Cc1c(-c2ccc(NC(=O)c3ccc(-c4ccc([N+](=O)[O-])cc4)o3)cc2)nc(Nc2ccc(Cl)cc2)[nH]c1=O. The molecule has 3 aromatic carbocycles. The monoisotopic (exact) mass is 541 g/mol. The Labute approximate surface area is 226 Å². The van der Waals surface area contributed by atoms with Crippen LogP contribution in [-0.2, 0) is 0 Å². The van der Waals surface area contributed by atoms with Crippen molar-refractivity contribution in [2.24, 2.45) is 0 Å². The molecule has 0 spiro atoms. The zero-order valence-electron chi connectivity index (χ0n) is 20.4. The largest absolute Gasteiger partial charge is 0.451 e. The van der Waals surface area contributed by atoms with E-state index in [1.54, 1.807) is 73.7 Å². The lowest BCUT2D eigenvalue weighted by atomic mass is 10.1. The van der Waals surface area contributed by atoms with Crippen molar-refractivity contribution in [1.29, 1.82) is 0 Å². The predicted molar refractivity (Wildman–Crippen MR) is 149 cm³/mol. The molecule has 0 unspecified atom stereocenters. The molecule has 0 aliphatic carbocycles. The van der Waals surface area contributed by atoms with Gasteiger partial charge < -0.3 is 15.1 Å². The fraction of sp³-hybridized carbons (Fsp3) is 0.0357. The van der Waals surface area contributed by atoms with Gasteiger partial charge >= 0.3 is 0 Å². The number of aromatic amines is 1. The highest BCUT2D eigenvalue weighted by molar-refractivity contribution is 6.30. The van der Waals surface area contributed by atoms with Crippen LogP contribution in [0.3, 0.4) is 0 Å². The van der Waals surface area contributed by atoms with Gasteiger partial charge in [0.05, 0.1) is 10.6 Å². The maximum atomic E-state index is 12.7. The van der Waals surface area contributed by atoms with Crippen LogP contribution in [-0.4, -0.2) is 20.8 Å². The van der Waals surface area contributed by atoms with Crippen molar-refractivity contribution < 1.29 is 14.1 Å². The van der Waals surface area contributed by atoms with Crippen molar-refractivity contribution in [2.75, 3.05) is 10.6 Å². The molecular weight excluding hydrogens is 522 g/mol. The second-order valence-corrected chi connectivity index (χ2v) is 8.96. The molecule has 0 radical (unpaired) electrons. The molecule has 0 aliphatic heterocycles. The molecule has 11 heteroatoms. The van der Waals surface area contributed by atoms with Gasteiger partial charge in [-0.2, -0.15) is 0 Å². The standard InChI is InChI=1S/C28H20ClN5O5/c1-16-25(32-28(33-26(16)35)31-21-10-6-19(29)7-11-21)18-2-8-20(9-3-18)30-27(36)24-15-14-23(39-24)17-4-12-22(13-5-17)34(37)38/h2-15H,1H3,(H,30,36)(H2,31,32,33,35). The third-order valence-corrected chi connectivity index (χ3v) is 6.12. The smallest absolute Gasteiger partial charge is 0.291 e. The van der Waals surface area contributed by atoms with Crippen molar-refractivity contribution in [3.63, 3.8) is 0 Å². The minimum atomic E-state index is -0.486. The minimum absolute atomic E-state index is 0.0359. The number of carbonyl (C=O) groups is 1. The van der Waals surface area contributed by atoms with Crippen molar-refractivity contribution >= 4 is 40.5 Å². The number of furan rings is 1. The van der Waals surface area contributed by atoms with Gasteiger partial charge in [0.2, 0.25) is 5.95 Å². The molecular formula is C28H20ClN5O5. The number of benzene rings is 3. The number of halogens is 1. The number of carbonyl (C=O) groups excluding carboxylic acids is 1. The van der Waals surface area contributed by atoms with Gasteiger partial charge in [-0.1, -0.05) is 23.7 Å². The fourth-order valence-electron chi connectivity index (χ4n) is 3.81. The summed E-state index contributed by atoms with van der Waals surface area (Å²) in [6.45, 7) is 1.68. The summed E-state index contributed by atoms with van der Waals surface area (Å²) in [6.07, 6.45) is 0. The highest BCUT2D eigenvalue weighted by Crippen LogP contribution is 2.26. The van der Waals surface area contributed by atoms with E-state index in [0.29, 0.717) is 44.5 Å². The Bertz CT molecular complexity index is 1730. The molecule has 1 amide bonds. The first-order valence-electron chi connectivity index (χ1n) is 11.7. The predicted octanol–water partition coefficient (Wildman–Crippen LogP) is 6.56. The maximum Gasteiger partial charge on any atom is 0.291 e. The Morgan fingerprint density at radius 1 is 0.923 bits per heavy atom. The number of nitrogens with zero attached hydrogens (tertiary/aromatic N) is 2. The Kier molecular flexibility index (Phi) is 6.94. The van der Waals surface area contributed by atoms with Crippen LogP contribution in [0.5, 0.6) is 0 Å². The highest BCUT2D eigenvalue weighted by atomic mass is 35.5. The van der Waals surface area contributed by atoms with Crippen LogP contribution in [0.1, 0.15) is 16.1 Å². The van der Waals surface area contributed by atoms with Gasteiger partial charge in [0, 0.05) is 45.2 Å². The zero-order valence-corrected chi connectivity index (χ0v) is 21.2. The first-order chi connectivity index (χ1) is 18.8. The van der Waals surface area contributed by atoms with Gasteiger partial charge in [0.1, 0.15) is 5.76 Å². The topological polar surface area (TPSA) is 143 Å². The van der Waals surface area contributed by atoms with Crippen molar-refractivity contribution in [3.8, 4) is 22.6 Å². The van der Waals surface area contributed by atoms with Gasteiger partial charge in [-0.15, -0.1) is 0 Å². The van der Waals surface area contributed by atoms with Crippen LogP contribution in [0.2, 0.25) is 5.02 Å². The van der Waals surface area contributed by atoms with Gasteiger partial charge in [-0.05, 0) is 67.6 Å². The number of hydrogen-bond donors (Lipinski definition) is 3. The summed E-state index contributed by atoms with van der Waals surface area (Å²) in [5.74, 6) is 0.305. The van der Waals surface area contributed by atoms with Gasteiger partial charge in [0.15, 0.2) is 5.76 Å². The van der Waals surface area contributed by atoms with E-state index in [1.165, 1.54) is 18.2 Å². The molecule has 5 aromatic rings. The second kappa shape index (κ2) is 10.6. The number of amides is 1. The summed E-state index contributed by atoms with van der Waals surface area (Å²) in [4.78, 5) is 42.9. The lowest BCUT2D eigenvalue weighted by Gasteiger charge is -2.11. The molecule has 0 bridgehead atoms. The van der Waals surface area contributed by atoms with E-state index < -0.39 is 10.8 Å². The van der Waals surface area contributed by atoms with Crippen LogP contribution >= 0.6 is 11.6 Å². The first-order valence-corrected chi connectivity index (χ1v) is 12.0. The molecule has 2 aromatic heterocycles. The first kappa shape index (κ1) is 25.4. The summed E-state index contributed by atoms with van der Waals surface area (Å²) in [7, 11) is 0. The quantitative estimate of drug-likeness (QED) is 0.156. The fourth-order valence-corrected chi connectivity index (χ4v) is 3.94. The average Bonchev–Trinajstić information content (AvgIpc) is 3.43. The molecule has 0 atom stereocenters. The summed E-state index contributed by atoms with van der Waals surface area (Å²) in [6, 6.07) is 22.9. The minimum Gasteiger partial charge on any atom is -0.451 e. The van der Waals surface area contributed by atoms with Gasteiger partial charge in [-0.3, -0.25) is 24.7 Å². The number of nitrogens with one attached hydrogen (secondary N) is 3. The number of nitro benzene ring substituents is 1. The molecule has 10 nitrogen and oxygen atoms in total. The van der Waals surface area contributed by atoms with Gasteiger partial charge in [0.25, 0.3) is 17.2 Å². The lowest BCUT2D eigenvalue weighted by Crippen LogP contribution is -2.15. The lowest BCUT2D eigenvalue weighted by molar-refractivity contribution is -0.384. The summed E-state index contributed by atoms with van der Waals surface area (Å²) < 4.78 is 5.65. The number of rotatable bonds is 7. The zero-order chi connectivity index (χ0) is 27.5. The van der Waals surface area contributed by atoms with E-state index in [4.69, 9.17) is 16.0 Å². The van der Waals surface area contributed by atoms with E-state index in [0.717, 1.165) is 0 Å². The van der Waals surface area contributed by atoms with Gasteiger partial charge in [-0.25, -0.2) is 4.98 Å². The molecule has 0 fully saturated rings. The van der Waals surface area contributed by atoms with Crippen LogP contribution < -0.4 is 16.2 Å². The van der Waals surface area contributed by atoms with Crippen LogP contribution in [0.15, 0.2) is 94.1 Å². The Morgan fingerprint density at radius 3 is 2.23 bits per heavy atom. The number of H-pyrrole nitrogens is 1. The highest BCUT2D eigenvalue weighted by Gasteiger charge is 2.15. The molecule has 39 heavy (non-hydrogen) atoms. The third-order valence-electron chi connectivity index (χ3n) is 5.87. The summed E-state index contributed by atoms with van der Waals surface area (Å²) in [5, 5.41) is 17.3. The second-order valence-electron chi connectivity index (χ2n) is 8.52. The molecule has 194 valence electrons. The van der Waals surface area contributed by atoms with Crippen molar-refractivity contribution in [3.05, 3.63) is 122 Å². The van der Waals surface area contributed by atoms with Crippen LogP contribution in [0, 0.1) is 17.0 Å². The Morgan fingerprint density at radius 2 is 1.56 bits per heavy atom. The van der Waals surface area contributed by atoms with E-state index in [2.05, 4.69) is 20.6 Å². The van der Waals surface area contributed by atoms with Crippen LogP contribution in [0.4, 0.5) is 23.0 Å². The molecule has 2 heterocycles. The van der Waals surface area contributed by atoms with E-state index >= 15 is 0 Å². The molecule has 5 rings (SSSR count). The number of hydrogen-bond acceptors (Lipinski definition) is 7. The number of non-ortho nitro benzene ring substituents is 1.